The van der Waals surface area contributed by atoms with Crippen LogP contribution in [0.1, 0.15) is 83.7 Å². The SMILES string of the molecule is C=C/C(CCC[C@H](NC(=O)C(C)/N=C(/C=C(\C)OC(C)=N)OC)c1nc(C)c(C)o1)=C(/C)CC(C)N. The number of ether oxygens (including phenoxy) is 2. The molecule has 9 nitrogen and oxygen atoms in total. The molecular formula is C27H43N5O4. The van der Waals surface area contributed by atoms with Crippen molar-refractivity contribution in [3.8, 4) is 0 Å². The Morgan fingerprint density at radius 1 is 1.31 bits per heavy atom. The molecule has 200 valence electrons. The van der Waals surface area contributed by atoms with Gasteiger partial charge in [-0.05, 0) is 72.8 Å². The van der Waals surface area contributed by atoms with E-state index in [2.05, 4.69) is 28.8 Å². The van der Waals surface area contributed by atoms with E-state index in [4.69, 9.17) is 25.0 Å². The van der Waals surface area contributed by atoms with Crippen LogP contribution in [0.4, 0.5) is 0 Å². The minimum atomic E-state index is -0.735. The second-order valence-corrected chi connectivity index (χ2v) is 9.10. The average Bonchev–Trinajstić information content (AvgIpc) is 3.12. The molecule has 1 aromatic rings. The van der Waals surface area contributed by atoms with Gasteiger partial charge in [-0.2, -0.15) is 0 Å². The van der Waals surface area contributed by atoms with Gasteiger partial charge in [-0.25, -0.2) is 9.98 Å². The van der Waals surface area contributed by atoms with E-state index >= 15 is 0 Å². The van der Waals surface area contributed by atoms with Crippen LogP contribution in [-0.2, 0) is 14.3 Å². The van der Waals surface area contributed by atoms with Crippen LogP contribution in [0, 0.1) is 19.3 Å². The molecule has 0 saturated heterocycles. The highest BCUT2D eigenvalue weighted by molar-refractivity contribution is 5.91. The number of amides is 1. The van der Waals surface area contributed by atoms with Crippen molar-refractivity contribution in [2.45, 2.75) is 92.3 Å². The van der Waals surface area contributed by atoms with E-state index < -0.39 is 12.1 Å². The molecule has 0 bridgehead atoms. The third-order valence-corrected chi connectivity index (χ3v) is 5.57. The van der Waals surface area contributed by atoms with Crippen LogP contribution < -0.4 is 11.1 Å². The number of hydrogen-bond donors (Lipinski definition) is 3. The van der Waals surface area contributed by atoms with E-state index in [9.17, 15) is 4.79 Å². The van der Waals surface area contributed by atoms with Gasteiger partial charge >= 0.3 is 0 Å². The predicted molar refractivity (Wildman–Crippen MR) is 144 cm³/mol. The lowest BCUT2D eigenvalue weighted by Crippen LogP contribution is -2.35. The summed E-state index contributed by atoms with van der Waals surface area (Å²) in [7, 11) is 1.46. The Hall–Kier alpha value is -3.20. The fourth-order valence-corrected chi connectivity index (χ4v) is 3.64. The summed E-state index contributed by atoms with van der Waals surface area (Å²) < 4.78 is 16.3. The number of nitrogens with zero attached hydrogens (tertiary/aromatic N) is 2. The molecule has 1 rings (SSSR count). The number of rotatable bonds is 13. The van der Waals surface area contributed by atoms with Crippen molar-refractivity contribution in [1.29, 1.82) is 5.41 Å². The highest BCUT2D eigenvalue weighted by atomic mass is 16.5. The molecule has 2 unspecified atom stereocenters. The first-order chi connectivity index (χ1) is 16.9. The molecule has 36 heavy (non-hydrogen) atoms. The first kappa shape index (κ1) is 30.8. The quantitative estimate of drug-likeness (QED) is 0.147. The van der Waals surface area contributed by atoms with Crippen molar-refractivity contribution < 1.29 is 18.7 Å². The lowest BCUT2D eigenvalue weighted by Gasteiger charge is -2.18. The summed E-state index contributed by atoms with van der Waals surface area (Å²) in [6, 6.07) is -1.06. The second kappa shape index (κ2) is 15.0. The second-order valence-electron chi connectivity index (χ2n) is 9.10. The minimum absolute atomic E-state index is 0.0477. The number of aliphatic imine (C=N–C) groups is 1. The van der Waals surface area contributed by atoms with Gasteiger partial charge in [0.15, 0.2) is 5.90 Å². The lowest BCUT2D eigenvalue weighted by molar-refractivity contribution is -0.122. The highest BCUT2D eigenvalue weighted by Crippen LogP contribution is 2.24. The molecule has 4 N–H and O–H groups in total. The van der Waals surface area contributed by atoms with Crippen LogP contribution in [0.25, 0.3) is 0 Å². The van der Waals surface area contributed by atoms with Gasteiger partial charge in [-0.1, -0.05) is 18.2 Å². The van der Waals surface area contributed by atoms with Crippen molar-refractivity contribution in [2.24, 2.45) is 10.7 Å². The lowest BCUT2D eigenvalue weighted by atomic mass is 9.97. The summed E-state index contributed by atoms with van der Waals surface area (Å²) >= 11 is 0. The summed E-state index contributed by atoms with van der Waals surface area (Å²) in [5.74, 6) is 1.62. The number of carbonyl (C=O) groups excluding carboxylic acids is 1. The molecule has 1 heterocycles. The van der Waals surface area contributed by atoms with E-state index in [1.165, 1.54) is 31.3 Å². The molecule has 0 aliphatic rings. The molecule has 0 aromatic carbocycles. The monoisotopic (exact) mass is 501 g/mol. The molecule has 0 radical (unpaired) electrons. The van der Waals surface area contributed by atoms with Crippen LogP contribution in [0.5, 0.6) is 0 Å². The molecule has 9 heteroatoms. The van der Waals surface area contributed by atoms with Gasteiger partial charge in [0.1, 0.15) is 23.6 Å². The number of nitrogens with one attached hydrogen (secondary N) is 2. The van der Waals surface area contributed by atoms with Gasteiger partial charge in [-0.15, -0.1) is 0 Å². The highest BCUT2D eigenvalue weighted by Gasteiger charge is 2.23. The van der Waals surface area contributed by atoms with E-state index in [0.717, 1.165) is 30.7 Å². The number of hydrogen-bond acceptors (Lipinski definition) is 8. The molecule has 0 spiro atoms. The van der Waals surface area contributed by atoms with Crippen molar-refractivity contribution in [2.75, 3.05) is 7.11 Å². The molecule has 1 aromatic heterocycles. The molecule has 1 amide bonds. The summed E-state index contributed by atoms with van der Waals surface area (Å²) in [4.78, 5) is 21.9. The van der Waals surface area contributed by atoms with E-state index in [-0.39, 0.29) is 23.7 Å². The van der Waals surface area contributed by atoms with Crippen molar-refractivity contribution in [1.82, 2.24) is 10.3 Å². The Labute approximate surface area is 215 Å². The smallest absolute Gasteiger partial charge is 0.245 e. The van der Waals surface area contributed by atoms with Gasteiger partial charge in [-0.3, -0.25) is 10.2 Å². The number of methoxy groups -OCH3 is 1. The summed E-state index contributed by atoms with van der Waals surface area (Å²) in [6.07, 6.45) is 6.47. The first-order valence-corrected chi connectivity index (χ1v) is 12.2. The third-order valence-electron chi connectivity index (χ3n) is 5.57. The molecule has 0 fully saturated rings. The maximum Gasteiger partial charge on any atom is 0.245 e. The van der Waals surface area contributed by atoms with Gasteiger partial charge in [0.2, 0.25) is 17.7 Å². The van der Waals surface area contributed by atoms with Gasteiger partial charge in [0.25, 0.3) is 0 Å². The van der Waals surface area contributed by atoms with Crippen LogP contribution >= 0.6 is 0 Å². The maximum absolute atomic E-state index is 13.0. The van der Waals surface area contributed by atoms with E-state index in [1.54, 1.807) is 13.8 Å². The van der Waals surface area contributed by atoms with Gasteiger partial charge in [0.05, 0.1) is 12.8 Å². The fourth-order valence-electron chi connectivity index (χ4n) is 3.64. The van der Waals surface area contributed by atoms with E-state index in [1.807, 2.05) is 26.8 Å². The zero-order valence-electron chi connectivity index (χ0n) is 23.0. The standard InChI is InChI=1S/C27H43N5O4/c1-10-23(16(2)14-17(3)28)12-11-13-24(27-31-19(5)21(7)36-27)32-26(33)20(6)30-25(34-9)15-18(4)35-22(8)29/h10,15,17,20,24,29H,1,11-14,28H2,2-9H3,(H,32,33)/b18-15+,23-16+,29-22?,30-25-/t17?,20?,24-/m0/s1. The Morgan fingerprint density at radius 2 is 1.97 bits per heavy atom. The van der Waals surface area contributed by atoms with Crippen molar-refractivity contribution in [3.05, 3.63) is 53.0 Å². The van der Waals surface area contributed by atoms with Gasteiger partial charge < -0.3 is 24.9 Å². The molecule has 3 atom stereocenters. The zero-order valence-corrected chi connectivity index (χ0v) is 23.0. The molecular weight excluding hydrogens is 458 g/mol. The largest absolute Gasteiger partial charge is 0.481 e. The number of carbonyl (C=O) groups is 1. The van der Waals surface area contributed by atoms with Crippen LogP contribution in [0.3, 0.4) is 0 Å². The number of oxazole rings is 1. The van der Waals surface area contributed by atoms with Crippen LogP contribution in [0.15, 0.2) is 45.0 Å². The molecule has 0 saturated carbocycles. The Morgan fingerprint density at radius 3 is 2.47 bits per heavy atom. The minimum Gasteiger partial charge on any atom is -0.481 e. The molecule has 0 aliphatic carbocycles. The summed E-state index contributed by atoms with van der Waals surface area (Å²) in [5.41, 5.74) is 9.14. The van der Waals surface area contributed by atoms with Crippen LogP contribution in [-0.4, -0.2) is 41.9 Å². The first-order valence-electron chi connectivity index (χ1n) is 12.2. The number of aromatic nitrogens is 1. The number of nitrogens with two attached hydrogens (primary N) is 1. The average molecular weight is 502 g/mol. The fraction of sp³-hybridized carbons (Fsp3) is 0.556. The normalized spacial score (nSPS) is 15.5. The van der Waals surface area contributed by atoms with Crippen molar-refractivity contribution in [3.63, 3.8) is 0 Å². The summed E-state index contributed by atoms with van der Waals surface area (Å²) in [6.45, 7) is 16.6. The Bertz CT molecular complexity index is 984. The van der Waals surface area contributed by atoms with E-state index in [0.29, 0.717) is 18.1 Å². The molecule has 0 aliphatic heterocycles. The predicted octanol–water partition coefficient (Wildman–Crippen LogP) is 5.21. The summed E-state index contributed by atoms with van der Waals surface area (Å²) in [5, 5.41) is 10.5. The maximum atomic E-state index is 13.0. The Kier molecular flexibility index (Phi) is 12.9. The van der Waals surface area contributed by atoms with Crippen LogP contribution in [0.2, 0.25) is 0 Å². The number of allylic oxidation sites excluding steroid dienone is 3. The third kappa shape index (κ3) is 10.6. The van der Waals surface area contributed by atoms with Gasteiger partial charge in [0, 0.05) is 19.0 Å². The number of aryl methyl sites for hydroxylation is 2. The Balaban J connectivity index is 3.03. The topological polar surface area (TPSA) is 136 Å². The van der Waals surface area contributed by atoms with Crippen molar-refractivity contribution >= 4 is 17.7 Å². The zero-order chi connectivity index (χ0) is 27.4.